The van der Waals surface area contributed by atoms with Crippen molar-refractivity contribution < 1.29 is 0 Å². The first kappa shape index (κ1) is 38.0. The Kier molecular flexibility index (Phi) is 17.3. The summed E-state index contributed by atoms with van der Waals surface area (Å²) < 4.78 is 0. The lowest BCUT2D eigenvalue weighted by Crippen LogP contribution is -2.54. The molecule has 0 bridgehead atoms. The second-order valence-corrected chi connectivity index (χ2v) is 13.9. The maximum atomic E-state index is 5.06. The van der Waals surface area contributed by atoms with Crippen molar-refractivity contribution >= 4 is 0 Å². The van der Waals surface area contributed by atoms with Gasteiger partial charge in [0, 0.05) is 5.57 Å². The van der Waals surface area contributed by atoms with E-state index in [1.54, 1.807) is 25.7 Å². The molecule has 0 saturated heterocycles. The first-order valence-electron chi connectivity index (χ1n) is 16.9. The third-order valence-electron chi connectivity index (χ3n) is 11.2. The molecule has 0 aromatic heterocycles. The molecule has 4 saturated carbocycles. The fourth-order valence-corrected chi connectivity index (χ4v) is 8.74. The van der Waals surface area contributed by atoms with Gasteiger partial charge in [-0.15, -0.1) is 6.42 Å². The number of fused-ring (bicyclic) bond motifs is 5. The Hall–Kier alpha value is -0.960. The summed E-state index contributed by atoms with van der Waals surface area (Å²) in [6.07, 6.45) is 30.1. The summed E-state index contributed by atoms with van der Waals surface area (Å²) in [6, 6.07) is 0. The van der Waals surface area contributed by atoms with E-state index in [0.717, 1.165) is 41.6 Å². The van der Waals surface area contributed by atoms with Crippen LogP contribution >= 0.6 is 0 Å². The number of allylic oxidation sites excluding steroid dienone is 4. The zero-order chi connectivity index (χ0) is 29.0. The lowest BCUT2D eigenvalue weighted by Gasteiger charge is -2.62. The molecule has 0 aromatic rings. The maximum absolute atomic E-state index is 5.06. The number of hydrogen-bond donors (Lipinski definition) is 0. The van der Waals surface area contributed by atoms with Crippen LogP contribution in [0.3, 0.4) is 0 Å². The summed E-state index contributed by atoms with van der Waals surface area (Å²) in [5, 5.41) is 0. The molecular formula is C39H72. The van der Waals surface area contributed by atoms with Crippen LogP contribution in [0.5, 0.6) is 0 Å². The Morgan fingerprint density at radius 3 is 1.95 bits per heavy atom. The van der Waals surface area contributed by atoms with Crippen molar-refractivity contribution in [1.29, 1.82) is 0 Å². The minimum Gasteiger partial charge on any atom is -0.115 e. The van der Waals surface area contributed by atoms with Crippen molar-refractivity contribution in [1.82, 2.24) is 0 Å². The number of hydrogen-bond acceptors (Lipinski definition) is 0. The van der Waals surface area contributed by atoms with Gasteiger partial charge in [0.2, 0.25) is 0 Å². The highest BCUT2D eigenvalue weighted by Crippen LogP contribution is 2.66. The average Bonchev–Trinajstić information content (AvgIpc) is 3.41. The van der Waals surface area contributed by atoms with E-state index in [1.807, 2.05) is 39.8 Å². The van der Waals surface area contributed by atoms with Gasteiger partial charge in [0.25, 0.3) is 0 Å². The number of terminal acetylenes is 1. The van der Waals surface area contributed by atoms with Crippen LogP contribution in [0.2, 0.25) is 0 Å². The van der Waals surface area contributed by atoms with Gasteiger partial charge in [-0.2, -0.15) is 0 Å². The van der Waals surface area contributed by atoms with Gasteiger partial charge in [-0.25, -0.2) is 0 Å². The van der Waals surface area contributed by atoms with Gasteiger partial charge in [-0.3, -0.25) is 0 Å². The van der Waals surface area contributed by atoms with E-state index in [2.05, 4.69) is 60.5 Å². The van der Waals surface area contributed by atoms with Crippen LogP contribution < -0.4 is 0 Å². The van der Waals surface area contributed by atoms with E-state index in [4.69, 9.17) is 6.42 Å². The maximum Gasteiger partial charge on any atom is 0.0202 e. The van der Waals surface area contributed by atoms with Gasteiger partial charge in [0.1, 0.15) is 0 Å². The van der Waals surface area contributed by atoms with Gasteiger partial charge in [0.05, 0.1) is 0 Å². The molecule has 0 N–H and O–H groups in total. The average molecular weight is 541 g/mol. The van der Waals surface area contributed by atoms with E-state index < -0.39 is 0 Å². The SMILES string of the molecule is C.C#CC1=CCC=C1.CC.CC.CCC.C[C@@H]1CCC[C@H]2[C@@H]3CCC4CCC(C)(C)CC[C@]4(C)[C@H]3CC[C@]12C. The van der Waals surface area contributed by atoms with Crippen LogP contribution in [0.4, 0.5) is 0 Å². The topological polar surface area (TPSA) is 0 Å². The lowest BCUT2D eigenvalue weighted by molar-refractivity contribution is -0.129. The van der Waals surface area contributed by atoms with Gasteiger partial charge >= 0.3 is 0 Å². The molecule has 5 rings (SSSR count). The molecule has 5 aliphatic rings. The zero-order valence-electron chi connectivity index (χ0n) is 27.9. The van der Waals surface area contributed by atoms with Crippen molar-refractivity contribution in [2.75, 3.05) is 0 Å². The first-order chi connectivity index (χ1) is 18.1. The van der Waals surface area contributed by atoms with E-state index >= 15 is 0 Å². The Morgan fingerprint density at radius 1 is 0.795 bits per heavy atom. The highest BCUT2D eigenvalue weighted by Gasteiger charge is 2.57. The molecule has 5 aliphatic carbocycles. The van der Waals surface area contributed by atoms with E-state index in [9.17, 15) is 0 Å². The molecule has 0 amide bonds. The highest BCUT2D eigenvalue weighted by atomic mass is 14.6. The lowest BCUT2D eigenvalue weighted by atomic mass is 9.43. The highest BCUT2D eigenvalue weighted by molar-refractivity contribution is 5.40. The molecule has 0 spiro atoms. The summed E-state index contributed by atoms with van der Waals surface area (Å²) in [4.78, 5) is 0. The Labute approximate surface area is 248 Å². The summed E-state index contributed by atoms with van der Waals surface area (Å²) in [6.45, 7) is 25.3. The predicted octanol–water partition coefficient (Wildman–Crippen LogP) is 13.1. The molecule has 0 aliphatic heterocycles. The van der Waals surface area contributed by atoms with Gasteiger partial charge < -0.3 is 0 Å². The normalized spacial score (nSPS) is 37.0. The predicted molar refractivity (Wildman–Crippen MR) is 180 cm³/mol. The second kappa shape index (κ2) is 17.8. The van der Waals surface area contributed by atoms with Crippen molar-refractivity contribution in [3.8, 4) is 12.3 Å². The summed E-state index contributed by atoms with van der Waals surface area (Å²) >= 11 is 0. The standard InChI is InChI=1S/C24H42.C7H6.C3H8.2C2H6.CH4/c1-17-7-6-8-20-19-10-9-18-11-13-22(2,3)15-16-24(18,5)21(19)12-14-23(17,20)4;1-2-7-5-3-4-6-7;1-3-2;2*1-2;/h17-21H,6-16H2,1-5H3;1,3,5-6H,4H2;3H2,1-2H3;2*1-2H3;1H4/t17-,18?,19+,20+,21+,23-,24+;;;;;/m1...../s1. The molecule has 0 nitrogen and oxygen atoms in total. The van der Waals surface area contributed by atoms with E-state index in [0.29, 0.717) is 16.2 Å². The van der Waals surface area contributed by atoms with Crippen molar-refractivity contribution in [3.05, 3.63) is 23.8 Å². The molecule has 4 fully saturated rings. The third kappa shape index (κ3) is 9.27. The van der Waals surface area contributed by atoms with Crippen molar-refractivity contribution in [2.45, 2.75) is 167 Å². The van der Waals surface area contributed by atoms with Gasteiger partial charge in [-0.05, 0) is 110 Å². The van der Waals surface area contributed by atoms with Crippen LogP contribution in [-0.4, -0.2) is 0 Å². The summed E-state index contributed by atoms with van der Waals surface area (Å²) in [5.41, 5.74) is 2.95. The smallest absolute Gasteiger partial charge is 0.0202 e. The molecule has 0 aromatic carbocycles. The minimum absolute atomic E-state index is 0. The van der Waals surface area contributed by atoms with Gasteiger partial charge in [0.15, 0.2) is 0 Å². The van der Waals surface area contributed by atoms with E-state index in [1.165, 1.54) is 51.4 Å². The largest absolute Gasteiger partial charge is 0.115 e. The molecule has 7 atom stereocenters. The molecular weight excluding hydrogens is 468 g/mol. The van der Waals surface area contributed by atoms with Crippen LogP contribution in [-0.2, 0) is 0 Å². The van der Waals surface area contributed by atoms with Crippen molar-refractivity contribution in [2.24, 2.45) is 45.8 Å². The fourth-order valence-electron chi connectivity index (χ4n) is 8.74. The molecule has 0 radical (unpaired) electrons. The zero-order valence-corrected chi connectivity index (χ0v) is 27.9. The number of rotatable bonds is 0. The van der Waals surface area contributed by atoms with Gasteiger partial charge in [-0.1, -0.05) is 127 Å². The van der Waals surface area contributed by atoms with E-state index in [-0.39, 0.29) is 7.43 Å². The minimum atomic E-state index is 0. The Bertz CT molecular complexity index is 759. The summed E-state index contributed by atoms with van der Waals surface area (Å²) in [7, 11) is 0. The Balaban J connectivity index is 0.000000809. The van der Waals surface area contributed by atoms with Crippen LogP contribution in [0.1, 0.15) is 167 Å². The molecule has 0 heterocycles. The van der Waals surface area contributed by atoms with Crippen molar-refractivity contribution in [3.63, 3.8) is 0 Å². The molecule has 228 valence electrons. The monoisotopic (exact) mass is 541 g/mol. The second-order valence-electron chi connectivity index (χ2n) is 13.9. The Morgan fingerprint density at radius 2 is 1.41 bits per heavy atom. The quantitative estimate of drug-likeness (QED) is 0.268. The summed E-state index contributed by atoms with van der Waals surface area (Å²) in [5.74, 6) is 7.70. The molecule has 1 unspecified atom stereocenters. The molecule has 39 heavy (non-hydrogen) atoms. The van der Waals surface area contributed by atoms with Crippen LogP contribution in [0.25, 0.3) is 0 Å². The van der Waals surface area contributed by atoms with Crippen LogP contribution in [0, 0.1) is 58.2 Å². The third-order valence-corrected chi connectivity index (χ3v) is 11.2. The van der Waals surface area contributed by atoms with Crippen LogP contribution in [0.15, 0.2) is 23.8 Å². The molecule has 0 heteroatoms. The fraction of sp³-hybridized carbons (Fsp3) is 0.846. The first-order valence-corrected chi connectivity index (χ1v) is 16.9.